The summed E-state index contributed by atoms with van der Waals surface area (Å²) in [5, 5.41) is 3.64. The van der Waals surface area contributed by atoms with Gasteiger partial charge in [0.2, 0.25) is 0 Å². The molecule has 17 heavy (non-hydrogen) atoms. The Bertz CT molecular complexity index is 245. The van der Waals surface area contributed by atoms with Gasteiger partial charge in [0.15, 0.2) is 0 Å². The Kier molecular flexibility index (Phi) is 3.69. The van der Waals surface area contributed by atoms with Crippen LogP contribution in [0.3, 0.4) is 0 Å². The van der Waals surface area contributed by atoms with E-state index < -0.39 is 0 Å². The summed E-state index contributed by atoms with van der Waals surface area (Å²) in [6.45, 7) is 3.42. The standard InChI is InChI=1S/C14H26N2O/c1-17-10-14(11-4-5-11)16(13-6-7-13)9-12-3-2-8-15-12/h11-15H,2-10H2,1H3. The van der Waals surface area contributed by atoms with E-state index in [2.05, 4.69) is 10.2 Å². The molecule has 3 aliphatic rings. The van der Waals surface area contributed by atoms with Crippen LogP contribution in [0.4, 0.5) is 0 Å². The lowest BCUT2D eigenvalue weighted by Crippen LogP contribution is -2.47. The van der Waals surface area contributed by atoms with Gasteiger partial charge in [-0.15, -0.1) is 0 Å². The third-order valence-corrected chi connectivity index (χ3v) is 4.54. The minimum Gasteiger partial charge on any atom is -0.383 e. The van der Waals surface area contributed by atoms with E-state index in [1.54, 1.807) is 0 Å². The molecule has 1 N–H and O–H groups in total. The van der Waals surface area contributed by atoms with Crippen molar-refractivity contribution in [1.82, 2.24) is 10.2 Å². The van der Waals surface area contributed by atoms with Crippen LogP contribution in [0.2, 0.25) is 0 Å². The van der Waals surface area contributed by atoms with E-state index in [-0.39, 0.29) is 0 Å². The monoisotopic (exact) mass is 238 g/mol. The zero-order chi connectivity index (χ0) is 11.7. The minimum absolute atomic E-state index is 0.704. The molecule has 0 amide bonds. The van der Waals surface area contributed by atoms with Crippen molar-refractivity contribution in [2.75, 3.05) is 26.8 Å². The van der Waals surface area contributed by atoms with E-state index >= 15 is 0 Å². The average molecular weight is 238 g/mol. The molecule has 1 saturated heterocycles. The molecule has 3 nitrogen and oxygen atoms in total. The van der Waals surface area contributed by atoms with E-state index in [1.807, 2.05) is 7.11 Å². The van der Waals surface area contributed by atoms with Gasteiger partial charge in [-0.1, -0.05) is 0 Å². The highest BCUT2D eigenvalue weighted by atomic mass is 16.5. The van der Waals surface area contributed by atoms with Crippen molar-refractivity contribution in [1.29, 1.82) is 0 Å². The van der Waals surface area contributed by atoms with E-state index in [9.17, 15) is 0 Å². The Morgan fingerprint density at radius 2 is 2.06 bits per heavy atom. The average Bonchev–Trinajstić information content (AvgIpc) is 3.23. The third-order valence-electron chi connectivity index (χ3n) is 4.54. The lowest BCUT2D eigenvalue weighted by molar-refractivity contribution is 0.0667. The van der Waals surface area contributed by atoms with Gasteiger partial charge in [-0.25, -0.2) is 0 Å². The zero-order valence-corrected chi connectivity index (χ0v) is 11.0. The summed E-state index contributed by atoms with van der Waals surface area (Å²) in [4.78, 5) is 2.78. The molecule has 0 aromatic heterocycles. The number of nitrogens with zero attached hydrogens (tertiary/aromatic N) is 1. The van der Waals surface area contributed by atoms with Crippen molar-refractivity contribution in [2.24, 2.45) is 5.92 Å². The predicted octanol–water partition coefficient (Wildman–Crippen LogP) is 1.63. The number of hydrogen-bond donors (Lipinski definition) is 1. The first-order valence-electron chi connectivity index (χ1n) is 7.36. The molecule has 1 heterocycles. The van der Waals surface area contributed by atoms with Gasteiger partial charge in [0.05, 0.1) is 6.61 Å². The van der Waals surface area contributed by atoms with Crippen LogP contribution in [0, 0.1) is 5.92 Å². The van der Waals surface area contributed by atoms with Crippen molar-refractivity contribution in [3.05, 3.63) is 0 Å². The first-order chi connectivity index (χ1) is 8.38. The molecule has 3 heteroatoms. The largest absolute Gasteiger partial charge is 0.383 e. The maximum atomic E-state index is 5.47. The van der Waals surface area contributed by atoms with E-state index in [1.165, 1.54) is 51.6 Å². The second kappa shape index (κ2) is 5.25. The maximum Gasteiger partial charge on any atom is 0.0620 e. The number of methoxy groups -OCH3 is 1. The van der Waals surface area contributed by atoms with Gasteiger partial charge in [0.1, 0.15) is 0 Å². The van der Waals surface area contributed by atoms with E-state index in [4.69, 9.17) is 4.74 Å². The molecule has 0 aromatic carbocycles. The van der Waals surface area contributed by atoms with Crippen molar-refractivity contribution in [3.63, 3.8) is 0 Å². The van der Waals surface area contributed by atoms with Crippen LogP contribution in [-0.2, 0) is 4.74 Å². The third kappa shape index (κ3) is 3.01. The molecule has 2 saturated carbocycles. The Morgan fingerprint density at radius 1 is 1.24 bits per heavy atom. The summed E-state index contributed by atoms with van der Waals surface area (Å²) in [7, 11) is 1.86. The highest BCUT2D eigenvalue weighted by molar-refractivity contribution is 4.97. The van der Waals surface area contributed by atoms with Gasteiger partial charge in [0.25, 0.3) is 0 Å². The van der Waals surface area contributed by atoms with Crippen LogP contribution in [-0.4, -0.2) is 49.8 Å². The van der Waals surface area contributed by atoms with Crippen LogP contribution in [0.15, 0.2) is 0 Å². The fourth-order valence-electron chi connectivity index (χ4n) is 3.28. The highest BCUT2D eigenvalue weighted by Crippen LogP contribution is 2.40. The summed E-state index contributed by atoms with van der Waals surface area (Å²) in [5.41, 5.74) is 0. The minimum atomic E-state index is 0.704. The number of nitrogens with one attached hydrogen (secondary N) is 1. The Morgan fingerprint density at radius 3 is 2.59 bits per heavy atom. The van der Waals surface area contributed by atoms with Crippen molar-refractivity contribution in [3.8, 4) is 0 Å². The van der Waals surface area contributed by atoms with Crippen LogP contribution in [0.25, 0.3) is 0 Å². The van der Waals surface area contributed by atoms with Crippen LogP contribution >= 0.6 is 0 Å². The topological polar surface area (TPSA) is 24.5 Å². The molecule has 2 aliphatic carbocycles. The molecule has 3 fully saturated rings. The first-order valence-corrected chi connectivity index (χ1v) is 7.36. The Balaban J connectivity index is 1.60. The van der Waals surface area contributed by atoms with Gasteiger partial charge in [0, 0.05) is 31.8 Å². The summed E-state index contributed by atoms with van der Waals surface area (Å²) >= 11 is 0. The molecule has 1 aliphatic heterocycles. The highest BCUT2D eigenvalue weighted by Gasteiger charge is 2.42. The van der Waals surface area contributed by atoms with E-state index in [0.717, 1.165) is 24.6 Å². The fourth-order valence-corrected chi connectivity index (χ4v) is 3.28. The lowest BCUT2D eigenvalue weighted by Gasteiger charge is -2.33. The lowest BCUT2D eigenvalue weighted by atomic mass is 10.1. The van der Waals surface area contributed by atoms with Gasteiger partial charge >= 0.3 is 0 Å². The molecule has 0 radical (unpaired) electrons. The first kappa shape index (κ1) is 11.9. The normalized spacial score (nSPS) is 31.1. The number of ether oxygens (including phenoxy) is 1. The smallest absolute Gasteiger partial charge is 0.0620 e. The second-order valence-corrected chi connectivity index (χ2v) is 6.08. The molecule has 98 valence electrons. The zero-order valence-electron chi connectivity index (χ0n) is 11.0. The summed E-state index contributed by atoms with van der Waals surface area (Å²) in [6.07, 6.45) is 8.42. The summed E-state index contributed by atoms with van der Waals surface area (Å²) < 4.78 is 5.47. The number of hydrogen-bond acceptors (Lipinski definition) is 3. The van der Waals surface area contributed by atoms with E-state index in [0.29, 0.717) is 6.04 Å². The molecular weight excluding hydrogens is 212 g/mol. The maximum absolute atomic E-state index is 5.47. The molecular formula is C14H26N2O. The van der Waals surface area contributed by atoms with Crippen LogP contribution in [0.5, 0.6) is 0 Å². The van der Waals surface area contributed by atoms with Gasteiger partial charge in [-0.3, -0.25) is 4.90 Å². The summed E-state index contributed by atoms with van der Waals surface area (Å²) in [5.74, 6) is 0.928. The van der Waals surface area contributed by atoms with Gasteiger partial charge in [-0.05, 0) is 51.0 Å². The molecule has 2 atom stereocenters. The molecule has 2 unspecified atom stereocenters. The molecule has 0 bridgehead atoms. The van der Waals surface area contributed by atoms with Crippen LogP contribution < -0.4 is 5.32 Å². The number of rotatable bonds is 7. The fraction of sp³-hybridized carbons (Fsp3) is 1.00. The summed E-state index contributed by atoms with van der Waals surface area (Å²) in [6, 6.07) is 2.32. The van der Waals surface area contributed by atoms with Crippen molar-refractivity contribution in [2.45, 2.75) is 56.7 Å². The Labute approximate surface area is 105 Å². The SMILES string of the molecule is COCC(C1CC1)N(CC1CCCN1)C1CC1. The van der Waals surface area contributed by atoms with Gasteiger partial charge in [-0.2, -0.15) is 0 Å². The van der Waals surface area contributed by atoms with Crippen LogP contribution in [0.1, 0.15) is 38.5 Å². The molecule has 3 rings (SSSR count). The van der Waals surface area contributed by atoms with Gasteiger partial charge < -0.3 is 10.1 Å². The van der Waals surface area contributed by atoms with Crippen molar-refractivity contribution >= 4 is 0 Å². The van der Waals surface area contributed by atoms with Crippen molar-refractivity contribution < 1.29 is 4.74 Å². The Hall–Kier alpha value is -0.120. The second-order valence-electron chi connectivity index (χ2n) is 6.08. The predicted molar refractivity (Wildman–Crippen MR) is 69.1 cm³/mol. The quantitative estimate of drug-likeness (QED) is 0.729. The molecule has 0 aromatic rings. The molecule has 0 spiro atoms.